The summed E-state index contributed by atoms with van der Waals surface area (Å²) in [5.41, 5.74) is 6.56. The predicted octanol–water partition coefficient (Wildman–Crippen LogP) is 1.53. The van der Waals surface area contributed by atoms with Crippen LogP contribution >= 0.6 is 12.4 Å². The normalized spacial score (nSPS) is 11.4. The van der Waals surface area contributed by atoms with E-state index < -0.39 is 4.92 Å². The average Bonchev–Trinajstić information content (AvgIpc) is 3.02. The zero-order valence-corrected chi connectivity index (χ0v) is 13.3. The first kappa shape index (κ1) is 18.6. The van der Waals surface area contributed by atoms with E-state index in [4.69, 9.17) is 5.73 Å². The first-order chi connectivity index (χ1) is 10.5. The summed E-state index contributed by atoms with van der Waals surface area (Å²) in [6.07, 6.45) is 3.02. The molecular formula is C14H18ClN5O3. The Morgan fingerprint density at radius 2 is 2.09 bits per heavy atom. The summed E-state index contributed by atoms with van der Waals surface area (Å²) in [6, 6.07) is 5.92. The van der Waals surface area contributed by atoms with Crippen LogP contribution in [0.3, 0.4) is 0 Å². The topological polar surface area (TPSA) is 116 Å². The van der Waals surface area contributed by atoms with E-state index in [2.05, 4.69) is 10.4 Å². The number of aromatic nitrogens is 2. The van der Waals surface area contributed by atoms with Gasteiger partial charge in [0.1, 0.15) is 0 Å². The van der Waals surface area contributed by atoms with E-state index in [1.807, 2.05) is 6.92 Å². The van der Waals surface area contributed by atoms with Gasteiger partial charge in [-0.1, -0.05) is 6.92 Å². The minimum atomic E-state index is -0.468. The molecule has 1 aromatic heterocycles. The molecule has 0 bridgehead atoms. The van der Waals surface area contributed by atoms with Crippen LogP contribution in [0.2, 0.25) is 0 Å². The third kappa shape index (κ3) is 4.76. The molecule has 0 fully saturated rings. The number of carbonyl (C=O) groups is 1. The van der Waals surface area contributed by atoms with Crippen LogP contribution in [0, 0.1) is 16.0 Å². The Morgan fingerprint density at radius 1 is 1.43 bits per heavy atom. The molecule has 9 heteroatoms. The lowest BCUT2D eigenvalue weighted by atomic mass is 10.2. The molecule has 1 aromatic carbocycles. The van der Waals surface area contributed by atoms with Gasteiger partial charge in [-0.25, -0.2) is 4.68 Å². The number of nitrogens with one attached hydrogen (secondary N) is 1. The lowest BCUT2D eigenvalue weighted by Gasteiger charge is -2.08. The van der Waals surface area contributed by atoms with Gasteiger partial charge >= 0.3 is 0 Å². The van der Waals surface area contributed by atoms with Gasteiger partial charge in [-0.15, -0.1) is 12.4 Å². The number of nitro benzene ring substituents is 1. The second-order valence-corrected chi connectivity index (χ2v) is 5.00. The van der Waals surface area contributed by atoms with Gasteiger partial charge in [0, 0.05) is 24.9 Å². The Bertz CT molecular complexity index is 671. The van der Waals surface area contributed by atoms with Crippen LogP contribution in [0.1, 0.15) is 17.3 Å². The Kier molecular flexibility index (Phi) is 6.67. The maximum absolute atomic E-state index is 12.0. The Balaban J connectivity index is 0.00000264. The second kappa shape index (κ2) is 8.25. The lowest BCUT2D eigenvalue weighted by Crippen LogP contribution is -2.31. The number of hydrogen-bond donors (Lipinski definition) is 2. The SMILES string of the molecule is CC(CN)CNC(=O)c1cnn(-c2ccc([N+](=O)[O-])cc2)c1.Cl. The highest BCUT2D eigenvalue weighted by Gasteiger charge is 2.11. The van der Waals surface area contributed by atoms with Gasteiger partial charge in [0.25, 0.3) is 11.6 Å². The zero-order chi connectivity index (χ0) is 16.1. The third-order valence-electron chi connectivity index (χ3n) is 3.18. The highest BCUT2D eigenvalue weighted by Crippen LogP contribution is 2.15. The van der Waals surface area contributed by atoms with E-state index in [-0.39, 0.29) is 29.9 Å². The molecule has 0 saturated heterocycles. The molecule has 0 aliphatic carbocycles. The minimum absolute atomic E-state index is 0. The summed E-state index contributed by atoms with van der Waals surface area (Å²) in [4.78, 5) is 22.1. The van der Waals surface area contributed by atoms with E-state index in [0.717, 1.165) is 0 Å². The van der Waals surface area contributed by atoms with Crippen molar-refractivity contribution >= 4 is 24.0 Å². The van der Waals surface area contributed by atoms with Crippen molar-refractivity contribution in [2.45, 2.75) is 6.92 Å². The number of benzene rings is 1. The van der Waals surface area contributed by atoms with Gasteiger partial charge in [-0.05, 0) is 24.6 Å². The van der Waals surface area contributed by atoms with Crippen LogP contribution in [0.15, 0.2) is 36.7 Å². The molecule has 2 rings (SSSR count). The Labute approximate surface area is 139 Å². The molecule has 1 amide bonds. The summed E-state index contributed by atoms with van der Waals surface area (Å²) in [5, 5.41) is 17.5. The van der Waals surface area contributed by atoms with Crippen molar-refractivity contribution in [1.29, 1.82) is 0 Å². The number of halogens is 1. The van der Waals surface area contributed by atoms with Crippen molar-refractivity contribution in [3.05, 3.63) is 52.3 Å². The fraction of sp³-hybridized carbons (Fsp3) is 0.286. The van der Waals surface area contributed by atoms with E-state index in [9.17, 15) is 14.9 Å². The number of nitrogens with zero attached hydrogens (tertiary/aromatic N) is 3. The standard InChI is InChI=1S/C14H17N5O3.ClH/c1-10(6-15)7-16-14(20)11-8-17-18(9-11)12-2-4-13(5-3-12)19(21)22;/h2-5,8-10H,6-7,15H2,1H3,(H,16,20);1H. The first-order valence-corrected chi connectivity index (χ1v) is 6.79. The Morgan fingerprint density at radius 3 is 2.65 bits per heavy atom. The average molecular weight is 340 g/mol. The van der Waals surface area contributed by atoms with Crippen LogP contribution in [-0.2, 0) is 0 Å². The number of non-ortho nitro benzene ring substituents is 1. The van der Waals surface area contributed by atoms with Gasteiger partial charge in [-0.3, -0.25) is 14.9 Å². The molecule has 124 valence electrons. The molecule has 1 unspecified atom stereocenters. The maximum atomic E-state index is 12.0. The molecule has 0 radical (unpaired) electrons. The zero-order valence-electron chi connectivity index (χ0n) is 12.5. The van der Waals surface area contributed by atoms with Crippen LogP contribution in [-0.4, -0.2) is 33.7 Å². The van der Waals surface area contributed by atoms with Crippen molar-refractivity contribution in [2.24, 2.45) is 11.7 Å². The fourth-order valence-electron chi connectivity index (χ4n) is 1.76. The van der Waals surface area contributed by atoms with E-state index in [1.54, 1.807) is 18.3 Å². The van der Waals surface area contributed by atoms with Crippen LogP contribution < -0.4 is 11.1 Å². The van der Waals surface area contributed by atoms with Gasteiger partial charge < -0.3 is 11.1 Å². The van der Waals surface area contributed by atoms with Gasteiger partial charge in [-0.2, -0.15) is 5.10 Å². The summed E-state index contributed by atoms with van der Waals surface area (Å²) in [5.74, 6) is -0.0258. The second-order valence-electron chi connectivity index (χ2n) is 5.00. The summed E-state index contributed by atoms with van der Waals surface area (Å²) in [6.45, 7) is 2.95. The maximum Gasteiger partial charge on any atom is 0.269 e. The van der Waals surface area contributed by atoms with Crippen molar-refractivity contribution in [1.82, 2.24) is 15.1 Å². The third-order valence-corrected chi connectivity index (χ3v) is 3.18. The molecule has 0 spiro atoms. The number of nitro groups is 1. The van der Waals surface area contributed by atoms with Gasteiger partial charge in [0.2, 0.25) is 0 Å². The monoisotopic (exact) mass is 339 g/mol. The number of rotatable bonds is 6. The van der Waals surface area contributed by atoms with Crippen molar-refractivity contribution in [3.63, 3.8) is 0 Å². The molecule has 1 atom stereocenters. The van der Waals surface area contributed by atoms with Crippen LogP contribution in [0.5, 0.6) is 0 Å². The van der Waals surface area contributed by atoms with E-state index in [1.165, 1.54) is 23.0 Å². The molecule has 2 aromatic rings. The van der Waals surface area contributed by atoms with Gasteiger partial charge in [0.05, 0.1) is 22.4 Å². The molecule has 3 N–H and O–H groups in total. The highest BCUT2D eigenvalue weighted by atomic mass is 35.5. The summed E-state index contributed by atoms with van der Waals surface area (Å²) in [7, 11) is 0. The Hall–Kier alpha value is -2.45. The van der Waals surface area contributed by atoms with Crippen LogP contribution in [0.4, 0.5) is 5.69 Å². The smallest absolute Gasteiger partial charge is 0.269 e. The molecule has 0 aliphatic rings. The molecule has 0 saturated carbocycles. The van der Waals surface area contributed by atoms with Crippen molar-refractivity contribution in [2.75, 3.05) is 13.1 Å². The molecule has 23 heavy (non-hydrogen) atoms. The minimum Gasteiger partial charge on any atom is -0.352 e. The van der Waals surface area contributed by atoms with Gasteiger partial charge in [0.15, 0.2) is 0 Å². The number of amides is 1. The summed E-state index contributed by atoms with van der Waals surface area (Å²) < 4.78 is 1.49. The van der Waals surface area contributed by atoms with Crippen LogP contribution in [0.25, 0.3) is 5.69 Å². The summed E-state index contributed by atoms with van der Waals surface area (Å²) >= 11 is 0. The highest BCUT2D eigenvalue weighted by molar-refractivity contribution is 5.93. The molecule has 0 aliphatic heterocycles. The number of nitrogens with two attached hydrogens (primary N) is 1. The van der Waals surface area contributed by atoms with Crippen molar-refractivity contribution in [3.8, 4) is 5.69 Å². The molecular weight excluding hydrogens is 322 g/mol. The van der Waals surface area contributed by atoms with Crippen molar-refractivity contribution < 1.29 is 9.72 Å². The van der Waals surface area contributed by atoms with E-state index >= 15 is 0 Å². The number of hydrogen-bond acceptors (Lipinski definition) is 5. The first-order valence-electron chi connectivity index (χ1n) is 6.79. The predicted molar refractivity (Wildman–Crippen MR) is 88.0 cm³/mol. The molecule has 1 heterocycles. The fourth-order valence-corrected chi connectivity index (χ4v) is 1.76. The largest absolute Gasteiger partial charge is 0.352 e. The number of carbonyl (C=O) groups excluding carboxylic acids is 1. The lowest BCUT2D eigenvalue weighted by molar-refractivity contribution is -0.384. The molecule has 8 nitrogen and oxygen atoms in total. The quantitative estimate of drug-likeness (QED) is 0.611. The van der Waals surface area contributed by atoms with E-state index in [0.29, 0.717) is 24.3 Å².